The van der Waals surface area contributed by atoms with Crippen molar-refractivity contribution in [3.05, 3.63) is 46.9 Å². The first-order valence-corrected chi connectivity index (χ1v) is 9.44. The number of ether oxygens (including phenoxy) is 1. The summed E-state index contributed by atoms with van der Waals surface area (Å²) in [6.45, 7) is 4.23. The smallest absolute Gasteiger partial charge is 0.254 e. The van der Waals surface area contributed by atoms with Crippen LogP contribution in [0.4, 0.5) is 4.39 Å². The van der Waals surface area contributed by atoms with Gasteiger partial charge >= 0.3 is 0 Å². The third-order valence-electron chi connectivity index (χ3n) is 4.58. The van der Waals surface area contributed by atoms with Gasteiger partial charge in [-0.1, -0.05) is 11.6 Å². The van der Waals surface area contributed by atoms with Gasteiger partial charge in [-0.25, -0.2) is 9.37 Å². The van der Waals surface area contributed by atoms with Gasteiger partial charge in [-0.3, -0.25) is 4.79 Å². The van der Waals surface area contributed by atoms with Gasteiger partial charge in [0.25, 0.3) is 5.91 Å². The Labute approximate surface area is 163 Å². The summed E-state index contributed by atoms with van der Waals surface area (Å²) in [6, 6.07) is 8.65. The molecular weight excluding hydrogens is 369 g/mol. The molecule has 0 unspecified atom stereocenters. The lowest BCUT2D eigenvalue weighted by molar-refractivity contribution is 0.0908. The number of hydrogen-bond donors (Lipinski definition) is 1. The normalized spacial score (nSPS) is 17.6. The molecule has 2 aromatic rings. The minimum Gasteiger partial charge on any atom is -0.494 e. The highest BCUT2D eigenvalue weighted by Crippen LogP contribution is 2.26. The van der Waals surface area contributed by atoms with E-state index in [1.54, 1.807) is 24.3 Å². The maximum absolute atomic E-state index is 14.5. The Hall–Kier alpha value is -2.18. The van der Waals surface area contributed by atoms with Crippen molar-refractivity contribution in [1.82, 2.24) is 15.2 Å². The fourth-order valence-corrected chi connectivity index (χ4v) is 3.44. The molecule has 1 saturated heterocycles. The van der Waals surface area contributed by atoms with Gasteiger partial charge in [-0.2, -0.15) is 0 Å². The van der Waals surface area contributed by atoms with Crippen molar-refractivity contribution in [2.24, 2.45) is 0 Å². The van der Waals surface area contributed by atoms with Crippen LogP contribution in [-0.4, -0.2) is 48.6 Å². The quantitative estimate of drug-likeness (QED) is 0.788. The molecule has 5 nitrogen and oxygen atoms in total. The van der Waals surface area contributed by atoms with E-state index in [-0.39, 0.29) is 16.8 Å². The first-order chi connectivity index (χ1) is 13.0. The van der Waals surface area contributed by atoms with Crippen molar-refractivity contribution in [2.75, 3.05) is 26.7 Å². The van der Waals surface area contributed by atoms with E-state index in [1.165, 1.54) is 6.07 Å². The summed E-state index contributed by atoms with van der Waals surface area (Å²) in [5.74, 6) is -0.536. The molecule has 0 bridgehead atoms. The van der Waals surface area contributed by atoms with Crippen molar-refractivity contribution in [3.8, 4) is 17.0 Å². The third-order valence-corrected chi connectivity index (χ3v) is 4.83. The number of nitrogens with one attached hydrogen (secondary N) is 1. The van der Waals surface area contributed by atoms with Crippen LogP contribution in [0.3, 0.4) is 0 Å². The van der Waals surface area contributed by atoms with Crippen LogP contribution in [0.25, 0.3) is 11.3 Å². The number of amides is 1. The lowest BCUT2D eigenvalue weighted by Gasteiger charge is -2.30. The zero-order valence-electron chi connectivity index (χ0n) is 15.5. The van der Waals surface area contributed by atoms with Gasteiger partial charge < -0.3 is 15.0 Å². The first kappa shape index (κ1) is 19.6. The Morgan fingerprint density at radius 2 is 2.15 bits per heavy atom. The monoisotopic (exact) mass is 391 g/mol. The summed E-state index contributed by atoms with van der Waals surface area (Å²) in [6.07, 6.45) is 1.88. The summed E-state index contributed by atoms with van der Waals surface area (Å²) in [4.78, 5) is 18.9. The zero-order valence-corrected chi connectivity index (χ0v) is 16.2. The van der Waals surface area contributed by atoms with Crippen LogP contribution < -0.4 is 10.1 Å². The van der Waals surface area contributed by atoms with Crippen molar-refractivity contribution < 1.29 is 13.9 Å². The van der Waals surface area contributed by atoms with E-state index in [9.17, 15) is 9.18 Å². The van der Waals surface area contributed by atoms with E-state index < -0.39 is 11.7 Å². The van der Waals surface area contributed by atoms with E-state index in [2.05, 4.69) is 15.2 Å². The molecule has 0 saturated carbocycles. The molecule has 0 radical (unpaired) electrons. The predicted molar refractivity (Wildman–Crippen MR) is 104 cm³/mol. The van der Waals surface area contributed by atoms with E-state index >= 15 is 0 Å². The summed E-state index contributed by atoms with van der Waals surface area (Å²) in [5, 5.41) is 2.60. The molecule has 1 fully saturated rings. The first-order valence-electron chi connectivity index (χ1n) is 9.06. The zero-order chi connectivity index (χ0) is 19.4. The summed E-state index contributed by atoms with van der Waals surface area (Å²) < 4.78 is 19.9. The van der Waals surface area contributed by atoms with Gasteiger partial charge in [-0.05, 0) is 63.7 Å². The molecule has 1 aliphatic rings. The number of pyridine rings is 1. The van der Waals surface area contributed by atoms with E-state index in [0.717, 1.165) is 37.2 Å². The Kier molecular flexibility index (Phi) is 6.29. The molecule has 7 heteroatoms. The van der Waals surface area contributed by atoms with Gasteiger partial charge in [0.05, 0.1) is 17.9 Å². The summed E-state index contributed by atoms with van der Waals surface area (Å²) in [7, 11) is 2.01. The lowest BCUT2D eigenvalue weighted by atomic mass is 10.0. The van der Waals surface area contributed by atoms with Gasteiger partial charge in [0, 0.05) is 18.2 Å². The van der Waals surface area contributed by atoms with Crippen LogP contribution in [0, 0.1) is 5.82 Å². The molecule has 2 heterocycles. The second kappa shape index (κ2) is 8.67. The molecule has 1 N–H and O–H groups in total. The standard InChI is InChI=1S/C20H23ClFN3O2/c1-3-27-15-8-6-13(7-9-15)17-11-16(18(22)19(21)24-17)20(26)23-14-5-4-10-25(2)12-14/h6-9,11,14H,3-5,10,12H2,1-2H3,(H,23,26)/t14-/m0/s1. The SMILES string of the molecule is CCOc1ccc(-c2cc(C(=O)N[C@H]3CCCN(C)C3)c(F)c(Cl)n2)cc1. The number of carbonyl (C=O) groups is 1. The topological polar surface area (TPSA) is 54.5 Å². The van der Waals surface area contributed by atoms with Crippen LogP contribution >= 0.6 is 11.6 Å². The lowest BCUT2D eigenvalue weighted by Crippen LogP contribution is -2.46. The number of piperidine rings is 1. The number of halogens is 2. The largest absolute Gasteiger partial charge is 0.494 e. The number of hydrogen-bond acceptors (Lipinski definition) is 4. The fraction of sp³-hybridized carbons (Fsp3) is 0.400. The molecule has 1 aromatic heterocycles. The number of nitrogens with zero attached hydrogens (tertiary/aromatic N) is 2. The number of likely N-dealkylation sites (tertiary alicyclic amines) is 1. The fourth-order valence-electron chi connectivity index (χ4n) is 3.25. The minimum atomic E-state index is -0.798. The van der Waals surface area contributed by atoms with Crippen LogP contribution in [0.15, 0.2) is 30.3 Å². The molecule has 3 rings (SSSR count). The van der Waals surface area contributed by atoms with Crippen LogP contribution in [-0.2, 0) is 0 Å². The highest BCUT2D eigenvalue weighted by Gasteiger charge is 2.23. The van der Waals surface area contributed by atoms with Gasteiger partial charge in [0.2, 0.25) is 0 Å². The molecule has 1 aromatic carbocycles. The average Bonchev–Trinajstić information content (AvgIpc) is 2.64. The molecular formula is C20H23ClFN3O2. The predicted octanol–water partition coefficient (Wildman–Crippen LogP) is 3.76. The van der Waals surface area contributed by atoms with Crippen molar-refractivity contribution in [3.63, 3.8) is 0 Å². The number of likely N-dealkylation sites (N-methyl/N-ethyl adjacent to an activating group) is 1. The number of benzene rings is 1. The van der Waals surface area contributed by atoms with Crippen LogP contribution in [0.1, 0.15) is 30.1 Å². The maximum Gasteiger partial charge on any atom is 0.254 e. The second-order valence-electron chi connectivity index (χ2n) is 6.69. The highest BCUT2D eigenvalue weighted by molar-refractivity contribution is 6.30. The summed E-state index contributed by atoms with van der Waals surface area (Å²) >= 11 is 5.96. The number of carbonyl (C=O) groups excluding carboxylic acids is 1. The van der Waals surface area contributed by atoms with Gasteiger partial charge in [-0.15, -0.1) is 0 Å². The molecule has 0 aliphatic carbocycles. The molecule has 144 valence electrons. The maximum atomic E-state index is 14.5. The molecule has 1 aliphatic heterocycles. The minimum absolute atomic E-state index is 0.00323. The Balaban J connectivity index is 1.84. The van der Waals surface area contributed by atoms with E-state index in [0.29, 0.717) is 12.3 Å². The molecule has 0 spiro atoms. The highest BCUT2D eigenvalue weighted by atomic mass is 35.5. The van der Waals surface area contributed by atoms with Gasteiger partial charge in [0.15, 0.2) is 11.0 Å². The van der Waals surface area contributed by atoms with Crippen molar-refractivity contribution >= 4 is 17.5 Å². The van der Waals surface area contributed by atoms with Crippen molar-refractivity contribution in [1.29, 1.82) is 0 Å². The average molecular weight is 392 g/mol. The van der Waals surface area contributed by atoms with Crippen LogP contribution in [0.2, 0.25) is 5.15 Å². The number of aromatic nitrogens is 1. The van der Waals surface area contributed by atoms with Crippen molar-refractivity contribution in [2.45, 2.75) is 25.8 Å². The molecule has 1 amide bonds. The van der Waals surface area contributed by atoms with E-state index in [4.69, 9.17) is 16.3 Å². The third kappa shape index (κ3) is 4.76. The van der Waals surface area contributed by atoms with Gasteiger partial charge in [0.1, 0.15) is 5.75 Å². The van der Waals surface area contributed by atoms with E-state index in [1.807, 2.05) is 14.0 Å². The molecule has 27 heavy (non-hydrogen) atoms. The Morgan fingerprint density at radius 3 is 2.81 bits per heavy atom. The number of rotatable bonds is 5. The van der Waals surface area contributed by atoms with Crippen LogP contribution in [0.5, 0.6) is 5.75 Å². The summed E-state index contributed by atoms with van der Waals surface area (Å²) in [5.41, 5.74) is 1.08. The molecule has 1 atom stereocenters. The second-order valence-corrected chi connectivity index (χ2v) is 7.05. The Bertz CT molecular complexity index is 814. The Morgan fingerprint density at radius 1 is 1.41 bits per heavy atom.